The van der Waals surface area contributed by atoms with Gasteiger partial charge in [-0.25, -0.2) is 4.39 Å². The molecule has 2 N–H and O–H groups in total. The summed E-state index contributed by atoms with van der Waals surface area (Å²) in [5, 5.41) is 16.0. The monoisotopic (exact) mass is 468 g/mol. The van der Waals surface area contributed by atoms with Crippen LogP contribution in [0.5, 0.6) is 0 Å². The number of halogens is 2. The van der Waals surface area contributed by atoms with E-state index in [-0.39, 0.29) is 5.82 Å². The Labute approximate surface area is 196 Å². The number of thiocarbonyl (C=S) groups is 1. The van der Waals surface area contributed by atoms with Gasteiger partial charge in [0.25, 0.3) is 0 Å². The highest BCUT2D eigenvalue weighted by Gasteiger charge is 2.10. The van der Waals surface area contributed by atoms with Crippen molar-refractivity contribution in [2.45, 2.75) is 26.9 Å². The van der Waals surface area contributed by atoms with E-state index in [1.54, 1.807) is 10.7 Å². The summed E-state index contributed by atoms with van der Waals surface area (Å²) < 4.78 is 16.9. The molecular formula is C23H22ClFN6S. The van der Waals surface area contributed by atoms with Gasteiger partial charge in [0, 0.05) is 29.0 Å². The number of hydrogen-bond acceptors (Lipinski definition) is 3. The lowest BCUT2D eigenvalue weighted by atomic mass is 10.1. The van der Waals surface area contributed by atoms with Gasteiger partial charge in [0.05, 0.1) is 13.1 Å². The minimum Gasteiger partial charge on any atom is -0.316 e. The molecule has 9 heteroatoms. The molecule has 4 aromatic rings. The maximum atomic E-state index is 13.3. The fourth-order valence-electron chi connectivity index (χ4n) is 3.28. The molecule has 0 aliphatic heterocycles. The minimum absolute atomic E-state index is 0.365. The Kier molecular flexibility index (Phi) is 6.53. The summed E-state index contributed by atoms with van der Waals surface area (Å²) in [5.74, 6) is 0.874. The molecule has 2 aromatic carbocycles. The first-order valence-corrected chi connectivity index (χ1v) is 10.8. The second-order valence-corrected chi connectivity index (χ2v) is 8.28. The Morgan fingerprint density at radius 3 is 2.53 bits per heavy atom. The van der Waals surface area contributed by atoms with E-state index in [2.05, 4.69) is 39.9 Å². The van der Waals surface area contributed by atoms with Gasteiger partial charge < -0.3 is 10.6 Å². The molecule has 2 aromatic heterocycles. The van der Waals surface area contributed by atoms with E-state index >= 15 is 0 Å². The Balaban J connectivity index is 1.37. The molecular weight excluding hydrogens is 447 g/mol. The molecule has 0 amide bonds. The predicted molar refractivity (Wildman–Crippen MR) is 130 cm³/mol. The van der Waals surface area contributed by atoms with Gasteiger partial charge in [-0.05, 0) is 54.9 Å². The fourth-order valence-corrected chi connectivity index (χ4v) is 3.72. The molecule has 0 unspecified atom stereocenters. The largest absolute Gasteiger partial charge is 0.316 e. The SMILES string of the molecule is Cc1ccccc1Cn1ccc(NC(=S)Nc2cc(C)n(Cc3ccc(F)cc3Cl)n2)n1. The molecule has 2 heterocycles. The molecule has 0 aliphatic carbocycles. The van der Waals surface area contributed by atoms with Crippen molar-refractivity contribution in [3.8, 4) is 0 Å². The van der Waals surface area contributed by atoms with E-state index in [1.807, 2.05) is 42.1 Å². The highest BCUT2D eigenvalue weighted by molar-refractivity contribution is 7.80. The zero-order valence-corrected chi connectivity index (χ0v) is 19.2. The van der Waals surface area contributed by atoms with Crippen molar-refractivity contribution in [3.05, 3.63) is 94.0 Å². The van der Waals surface area contributed by atoms with E-state index in [9.17, 15) is 4.39 Å². The lowest BCUT2D eigenvalue weighted by Crippen LogP contribution is -2.20. The Hall–Kier alpha value is -3.23. The molecule has 6 nitrogen and oxygen atoms in total. The van der Waals surface area contributed by atoms with Crippen LogP contribution in [0.2, 0.25) is 5.02 Å². The number of aromatic nitrogens is 4. The summed E-state index contributed by atoms with van der Waals surface area (Å²) >= 11 is 11.5. The summed E-state index contributed by atoms with van der Waals surface area (Å²) in [6.07, 6.45) is 1.91. The molecule has 0 aliphatic rings. The van der Waals surface area contributed by atoms with Crippen molar-refractivity contribution in [3.63, 3.8) is 0 Å². The van der Waals surface area contributed by atoms with Crippen LogP contribution in [0.1, 0.15) is 22.4 Å². The van der Waals surface area contributed by atoms with Gasteiger partial charge in [-0.3, -0.25) is 9.36 Å². The number of anilines is 2. The highest BCUT2D eigenvalue weighted by Crippen LogP contribution is 2.20. The Bertz CT molecular complexity index is 1270. The zero-order valence-electron chi connectivity index (χ0n) is 17.6. The van der Waals surface area contributed by atoms with Crippen molar-refractivity contribution in [1.82, 2.24) is 19.6 Å². The molecule has 0 saturated carbocycles. The third kappa shape index (κ3) is 5.33. The van der Waals surface area contributed by atoms with Crippen molar-refractivity contribution in [2.24, 2.45) is 0 Å². The minimum atomic E-state index is -0.365. The van der Waals surface area contributed by atoms with Crippen LogP contribution in [-0.4, -0.2) is 24.7 Å². The van der Waals surface area contributed by atoms with E-state index in [0.717, 1.165) is 11.3 Å². The number of rotatable bonds is 6. The number of nitrogens with zero attached hydrogens (tertiary/aromatic N) is 4. The molecule has 4 rings (SSSR count). The fraction of sp³-hybridized carbons (Fsp3) is 0.174. The van der Waals surface area contributed by atoms with Gasteiger partial charge in [0.15, 0.2) is 16.7 Å². The summed E-state index contributed by atoms with van der Waals surface area (Å²) in [7, 11) is 0. The van der Waals surface area contributed by atoms with Gasteiger partial charge in [0.2, 0.25) is 0 Å². The third-order valence-electron chi connectivity index (χ3n) is 5.03. The van der Waals surface area contributed by atoms with Crippen molar-refractivity contribution >= 4 is 40.6 Å². The van der Waals surface area contributed by atoms with Crippen molar-refractivity contribution in [1.29, 1.82) is 0 Å². The quantitative estimate of drug-likeness (QED) is 0.371. The summed E-state index contributed by atoms with van der Waals surface area (Å²) in [6.45, 7) is 5.13. The topological polar surface area (TPSA) is 59.7 Å². The van der Waals surface area contributed by atoms with Crippen molar-refractivity contribution in [2.75, 3.05) is 10.6 Å². The highest BCUT2D eigenvalue weighted by atomic mass is 35.5. The number of aryl methyl sites for hydroxylation is 2. The van der Waals surface area contributed by atoms with Crippen LogP contribution >= 0.6 is 23.8 Å². The standard InChI is InChI=1S/C23H22ClFN6S/c1-15-5-3-4-6-17(15)13-30-10-9-21(28-30)26-23(32)27-22-11-16(2)31(29-22)14-18-7-8-19(25)12-20(18)24/h3-12H,13-14H2,1-2H3,(H2,26,27,28,29,32). The van der Waals surface area contributed by atoms with Gasteiger partial charge >= 0.3 is 0 Å². The first kappa shape index (κ1) is 22.0. The van der Waals surface area contributed by atoms with Crippen LogP contribution in [0, 0.1) is 19.7 Å². The molecule has 0 bridgehead atoms. The Morgan fingerprint density at radius 1 is 0.969 bits per heavy atom. The predicted octanol–water partition coefficient (Wildman–Crippen LogP) is 5.39. The van der Waals surface area contributed by atoms with Crippen LogP contribution in [-0.2, 0) is 13.1 Å². The second kappa shape index (κ2) is 9.50. The molecule has 164 valence electrons. The first-order valence-electron chi connectivity index (χ1n) is 10.0. The molecule has 0 radical (unpaired) electrons. The van der Waals surface area contributed by atoms with Crippen LogP contribution in [0.4, 0.5) is 16.0 Å². The van der Waals surface area contributed by atoms with Crippen LogP contribution < -0.4 is 10.6 Å². The number of hydrogen-bond donors (Lipinski definition) is 2. The van der Waals surface area contributed by atoms with E-state index in [4.69, 9.17) is 23.8 Å². The lowest BCUT2D eigenvalue weighted by molar-refractivity contribution is 0.623. The molecule has 0 fully saturated rings. The smallest absolute Gasteiger partial charge is 0.177 e. The number of benzene rings is 2. The summed E-state index contributed by atoms with van der Waals surface area (Å²) in [4.78, 5) is 0. The first-order chi connectivity index (χ1) is 15.4. The number of nitrogens with one attached hydrogen (secondary N) is 2. The van der Waals surface area contributed by atoms with Crippen molar-refractivity contribution < 1.29 is 4.39 Å². The van der Waals surface area contributed by atoms with E-state index in [0.29, 0.717) is 34.9 Å². The van der Waals surface area contributed by atoms with E-state index in [1.165, 1.54) is 23.3 Å². The maximum Gasteiger partial charge on any atom is 0.177 e. The average molecular weight is 469 g/mol. The normalized spacial score (nSPS) is 10.9. The third-order valence-corrected chi connectivity index (χ3v) is 5.59. The molecule has 0 atom stereocenters. The molecule has 0 saturated heterocycles. The van der Waals surface area contributed by atoms with Gasteiger partial charge in [-0.15, -0.1) is 0 Å². The molecule has 32 heavy (non-hydrogen) atoms. The van der Waals surface area contributed by atoms with Gasteiger partial charge in [-0.1, -0.05) is 41.9 Å². The average Bonchev–Trinajstić information content (AvgIpc) is 3.31. The lowest BCUT2D eigenvalue weighted by Gasteiger charge is -2.08. The Morgan fingerprint density at radius 2 is 1.75 bits per heavy atom. The van der Waals surface area contributed by atoms with Gasteiger partial charge in [-0.2, -0.15) is 10.2 Å². The van der Waals surface area contributed by atoms with Crippen LogP contribution in [0.25, 0.3) is 0 Å². The van der Waals surface area contributed by atoms with Gasteiger partial charge in [0.1, 0.15) is 5.82 Å². The van der Waals surface area contributed by atoms with Crippen LogP contribution in [0.3, 0.4) is 0 Å². The van der Waals surface area contributed by atoms with Crippen LogP contribution in [0.15, 0.2) is 60.8 Å². The maximum absolute atomic E-state index is 13.3. The molecule has 0 spiro atoms. The zero-order chi connectivity index (χ0) is 22.7. The summed E-state index contributed by atoms with van der Waals surface area (Å²) in [6, 6.07) is 16.3. The summed E-state index contributed by atoms with van der Waals surface area (Å²) in [5.41, 5.74) is 4.14. The second-order valence-electron chi connectivity index (χ2n) is 7.47. The van der Waals surface area contributed by atoms with E-state index < -0.39 is 0 Å².